The highest BCUT2D eigenvalue weighted by molar-refractivity contribution is 6.33. The van der Waals surface area contributed by atoms with Gasteiger partial charge in [0, 0.05) is 18.5 Å². The second-order valence-electron chi connectivity index (χ2n) is 3.92. The van der Waals surface area contributed by atoms with Gasteiger partial charge in [0.1, 0.15) is 0 Å². The van der Waals surface area contributed by atoms with Crippen molar-refractivity contribution < 1.29 is 23.5 Å². The molecule has 0 radical (unpaired) electrons. The van der Waals surface area contributed by atoms with Gasteiger partial charge in [-0.15, -0.1) is 0 Å². The number of nitrogens with one attached hydrogen (secondary N) is 2. The van der Waals surface area contributed by atoms with Crippen LogP contribution < -0.4 is 10.6 Å². The van der Waals surface area contributed by atoms with Crippen molar-refractivity contribution in [3.8, 4) is 0 Å². The van der Waals surface area contributed by atoms with E-state index < -0.39 is 18.4 Å². The summed E-state index contributed by atoms with van der Waals surface area (Å²) in [6.07, 6.45) is -2.46. The molecule has 1 aromatic rings. The molecule has 5 nitrogen and oxygen atoms in total. The van der Waals surface area contributed by atoms with Crippen molar-refractivity contribution >= 4 is 29.3 Å². The Morgan fingerprint density at radius 3 is 2.65 bits per heavy atom. The summed E-state index contributed by atoms with van der Waals surface area (Å²) < 4.78 is 25.0. The van der Waals surface area contributed by atoms with Gasteiger partial charge in [0.05, 0.1) is 10.7 Å². The van der Waals surface area contributed by atoms with Gasteiger partial charge >= 0.3 is 12.0 Å². The number of carbonyl (C=O) groups is 2. The maximum atomic E-state index is 12.5. The molecule has 0 spiro atoms. The topological polar surface area (TPSA) is 78.4 Å². The molecular weight excluding hydrogens is 294 g/mol. The van der Waals surface area contributed by atoms with Gasteiger partial charge in [-0.3, -0.25) is 4.79 Å². The van der Waals surface area contributed by atoms with Gasteiger partial charge in [0.25, 0.3) is 6.43 Å². The zero-order valence-corrected chi connectivity index (χ0v) is 11.1. The molecule has 20 heavy (non-hydrogen) atoms. The Balaban J connectivity index is 2.53. The zero-order chi connectivity index (χ0) is 15.1. The molecule has 0 atom stereocenters. The van der Waals surface area contributed by atoms with E-state index in [1.54, 1.807) is 0 Å². The van der Waals surface area contributed by atoms with Crippen molar-refractivity contribution in [3.05, 3.63) is 28.8 Å². The van der Waals surface area contributed by atoms with Crippen molar-refractivity contribution in [2.75, 3.05) is 11.9 Å². The summed E-state index contributed by atoms with van der Waals surface area (Å²) in [6.45, 7) is 0.157. The number of benzene rings is 1. The number of hydrogen-bond donors (Lipinski definition) is 3. The number of rotatable bonds is 6. The van der Waals surface area contributed by atoms with Crippen LogP contribution in [-0.2, 0) is 4.79 Å². The fraction of sp³-hybridized carbons (Fsp3) is 0.333. The largest absolute Gasteiger partial charge is 0.481 e. The van der Waals surface area contributed by atoms with E-state index in [1.165, 1.54) is 12.1 Å². The summed E-state index contributed by atoms with van der Waals surface area (Å²) in [7, 11) is 0. The van der Waals surface area contributed by atoms with Crippen LogP contribution in [0.4, 0.5) is 19.3 Å². The summed E-state index contributed by atoms with van der Waals surface area (Å²) in [5, 5.41) is 13.3. The Labute approximate surface area is 118 Å². The normalized spacial score (nSPS) is 10.4. The van der Waals surface area contributed by atoms with Crippen LogP contribution in [0.2, 0.25) is 5.02 Å². The van der Waals surface area contributed by atoms with Crippen LogP contribution in [0.5, 0.6) is 0 Å². The smallest absolute Gasteiger partial charge is 0.319 e. The van der Waals surface area contributed by atoms with E-state index in [0.29, 0.717) is 0 Å². The van der Waals surface area contributed by atoms with Crippen LogP contribution in [0, 0.1) is 0 Å². The third kappa shape index (κ3) is 5.40. The zero-order valence-electron chi connectivity index (χ0n) is 10.3. The van der Waals surface area contributed by atoms with E-state index >= 15 is 0 Å². The quantitative estimate of drug-likeness (QED) is 0.706. The van der Waals surface area contributed by atoms with Crippen LogP contribution in [-0.4, -0.2) is 23.7 Å². The van der Waals surface area contributed by atoms with E-state index in [1.807, 2.05) is 0 Å². The fourth-order valence-corrected chi connectivity index (χ4v) is 1.55. The minimum absolute atomic E-state index is 0.0676. The second-order valence-corrected chi connectivity index (χ2v) is 4.33. The van der Waals surface area contributed by atoms with Gasteiger partial charge in [-0.25, -0.2) is 13.6 Å². The summed E-state index contributed by atoms with van der Waals surface area (Å²) in [4.78, 5) is 21.7. The first kappa shape index (κ1) is 16.2. The SMILES string of the molecule is O=C(O)CCCNC(=O)Nc1cc(C(F)F)ccc1Cl. The Hall–Kier alpha value is -1.89. The van der Waals surface area contributed by atoms with Crippen LogP contribution in [0.15, 0.2) is 18.2 Å². The van der Waals surface area contributed by atoms with Crippen LogP contribution in [0.1, 0.15) is 24.8 Å². The van der Waals surface area contributed by atoms with Gasteiger partial charge in [-0.2, -0.15) is 0 Å². The lowest BCUT2D eigenvalue weighted by molar-refractivity contribution is -0.137. The van der Waals surface area contributed by atoms with Crippen LogP contribution in [0.3, 0.4) is 0 Å². The number of carbonyl (C=O) groups excluding carboxylic acids is 1. The molecule has 0 saturated heterocycles. The fourth-order valence-electron chi connectivity index (χ4n) is 1.38. The molecule has 0 saturated carbocycles. The van der Waals surface area contributed by atoms with Crippen LogP contribution in [0.25, 0.3) is 0 Å². The molecule has 8 heteroatoms. The number of aliphatic carboxylic acids is 1. The first-order valence-electron chi connectivity index (χ1n) is 5.74. The molecule has 0 fully saturated rings. The molecule has 0 aliphatic heterocycles. The van der Waals surface area contributed by atoms with Crippen LogP contribution >= 0.6 is 11.6 Å². The van der Waals surface area contributed by atoms with E-state index in [0.717, 1.165) is 6.07 Å². The second kappa shape index (κ2) is 7.64. The van der Waals surface area contributed by atoms with Crippen molar-refractivity contribution in [1.29, 1.82) is 0 Å². The van der Waals surface area contributed by atoms with E-state index in [9.17, 15) is 18.4 Å². The van der Waals surface area contributed by atoms with Crippen molar-refractivity contribution in [3.63, 3.8) is 0 Å². The van der Waals surface area contributed by atoms with Gasteiger partial charge in [-0.05, 0) is 18.6 Å². The van der Waals surface area contributed by atoms with E-state index in [2.05, 4.69) is 10.6 Å². The summed E-state index contributed by atoms with van der Waals surface area (Å²) >= 11 is 5.78. The molecule has 1 rings (SSSR count). The highest BCUT2D eigenvalue weighted by atomic mass is 35.5. The maximum absolute atomic E-state index is 12.5. The number of alkyl halides is 2. The van der Waals surface area contributed by atoms with Gasteiger partial charge in [0.15, 0.2) is 0 Å². The lowest BCUT2D eigenvalue weighted by atomic mass is 10.2. The average Bonchev–Trinajstić information content (AvgIpc) is 2.37. The number of amides is 2. The molecule has 3 N–H and O–H groups in total. The molecule has 110 valence electrons. The molecule has 0 bridgehead atoms. The molecule has 0 aliphatic carbocycles. The predicted molar refractivity (Wildman–Crippen MR) is 70.3 cm³/mol. The van der Waals surface area contributed by atoms with Gasteiger partial charge in [0.2, 0.25) is 0 Å². The first-order valence-corrected chi connectivity index (χ1v) is 6.12. The molecule has 1 aromatic carbocycles. The lowest BCUT2D eigenvalue weighted by Crippen LogP contribution is -2.29. The Bertz CT molecular complexity index is 498. The number of anilines is 1. The summed E-state index contributed by atoms with van der Waals surface area (Å²) in [5.74, 6) is -0.958. The number of halogens is 3. The monoisotopic (exact) mass is 306 g/mol. The Kier molecular flexibility index (Phi) is 6.17. The third-order valence-electron chi connectivity index (χ3n) is 2.34. The van der Waals surface area contributed by atoms with E-state index in [-0.39, 0.29) is 35.7 Å². The third-order valence-corrected chi connectivity index (χ3v) is 2.67. The summed E-state index contributed by atoms with van der Waals surface area (Å²) in [6, 6.07) is 2.89. The van der Waals surface area contributed by atoms with Gasteiger partial charge < -0.3 is 15.7 Å². The number of urea groups is 1. The van der Waals surface area contributed by atoms with Gasteiger partial charge in [-0.1, -0.05) is 17.7 Å². The predicted octanol–water partition coefficient (Wildman–Crippen LogP) is 3.26. The van der Waals surface area contributed by atoms with E-state index in [4.69, 9.17) is 16.7 Å². The molecular formula is C12H13ClF2N2O3. The lowest BCUT2D eigenvalue weighted by Gasteiger charge is -2.10. The summed E-state index contributed by atoms with van der Waals surface area (Å²) in [5.41, 5.74) is -0.184. The highest BCUT2D eigenvalue weighted by Crippen LogP contribution is 2.28. The molecule has 2 amide bonds. The number of hydrogen-bond acceptors (Lipinski definition) is 2. The minimum atomic E-state index is -2.66. The average molecular weight is 307 g/mol. The number of carboxylic acid groups (broad SMARTS) is 1. The minimum Gasteiger partial charge on any atom is -0.481 e. The van der Waals surface area contributed by atoms with Crippen molar-refractivity contribution in [2.24, 2.45) is 0 Å². The van der Waals surface area contributed by atoms with Crippen molar-refractivity contribution in [1.82, 2.24) is 5.32 Å². The molecule has 0 aliphatic rings. The number of carboxylic acids is 1. The molecule has 0 aromatic heterocycles. The molecule has 0 heterocycles. The molecule has 0 unspecified atom stereocenters. The first-order chi connectivity index (χ1) is 9.40. The Morgan fingerprint density at radius 2 is 2.05 bits per heavy atom. The Morgan fingerprint density at radius 1 is 1.35 bits per heavy atom. The highest BCUT2D eigenvalue weighted by Gasteiger charge is 2.11. The van der Waals surface area contributed by atoms with Crippen molar-refractivity contribution in [2.45, 2.75) is 19.3 Å². The standard InChI is InChI=1S/C12H13ClF2N2O3/c13-8-4-3-7(11(14)15)6-9(8)17-12(20)16-5-1-2-10(18)19/h3-4,6,11H,1-2,5H2,(H,18,19)(H2,16,17,20). The maximum Gasteiger partial charge on any atom is 0.319 e.